The molecule has 0 spiro atoms. The third-order valence-corrected chi connectivity index (χ3v) is 2.56. The van der Waals surface area contributed by atoms with Crippen LogP contribution in [-0.4, -0.2) is 11.1 Å². The van der Waals surface area contributed by atoms with E-state index < -0.39 is 0 Å². The van der Waals surface area contributed by atoms with Crippen LogP contribution in [0.2, 0.25) is 0 Å². The van der Waals surface area contributed by atoms with Gasteiger partial charge in [-0.2, -0.15) is 0 Å². The maximum atomic E-state index is 8.14. The predicted molar refractivity (Wildman–Crippen MR) is 64.0 cm³/mol. The van der Waals surface area contributed by atoms with Gasteiger partial charge in [-0.1, -0.05) is 23.3 Å². The Hall–Kier alpha value is -1.93. The van der Waals surface area contributed by atoms with Crippen LogP contribution in [0.25, 0.3) is 21.3 Å². The van der Waals surface area contributed by atoms with E-state index in [2.05, 4.69) is 32.8 Å². The number of unbranched alkanes of at least 4 members (excludes halogenated alkanes) is 1. The van der Waals surface area contributed by atoms with Gasteiger partial charge in [0.25, 0.3) is 0 Å². The molecule has 0 aliphatic rings. The topological polar surface area (TPSA) is 53.7 Å². The number of rotatable bonds is 5. The van der Waals surface area contributed by atoms with Crippen LogP contribution in [0.15, 0.2) is 35.6 Å². The van der Waals surface area contributed by atoms with E-state index in [9.17, 15) is 0 Å². The van der Waals surface area contributed by atoms with Gasteiger partial charge in [-0.05, 0) is 24.4 Å². The number of hydrogen-bond donors (Lipinski definition) is 0. The van der Waals surface area contributed by atoms with Crippen molar-refractivity contribution >= 4 is 10.9 Å². The second kappa shape index (κ2) is 5.24. The van der Waals surface area contributed by atoms with Gasteiger partial charge in [0.2, 0.25) is 0 Å². The number of azide groups is 1. The summed E-state index contributed by atoms with van der Waals surface area (Å²) in [5.74, 6) is 0. The lowest BCUT2D eigenvalue weighted by Gasteiger charge is -2.03. The predicted octanol–water partition coefficient (Wildman–Crippen LogP) is 3.53. The fourth-order valence-electron chi connectivity index (χ4n) is 1.76. The van der Waals surface area contributed by atoms with Crippen LogP contribution in [0, 0.1) is 6.07 Å². The van der Waals surface area contributed by atoms with Crippen molar-refractivity contribution in [2.75, 3.05) is 6.54 Å². The first kappa shape index (κ1) is 10.6. The monoisotopic (exact) mass is 213 g/mol. The number of aryl methyl sites for hydroxylation is 1. The summed E-state index contributed by atoms with van der Waals surface area (Å²) in [6.07, 6.45) is 3.93. The van der Waals surface area contributed by atoms with Crippen molar-refractivity contribution in [3.63, 3.8) is 0 Å². The highest BCUT2D eigenvalue weighted by Crippen LogP contribution is 2.14. The zero-order chi connectivity index (χ0) is 11.2. The van der Waals surface area contributed by atoms with Crippen molar-refractivity contribution in [2.45, 2.75) is 19.4 Å². The average Bonchev–Trinajstić information content (AvgIpc) is 2.73. The normalized spacial score (nSPS) is 10.2. The molecule has 0 N–H and O–H groups in total. The van der Waals surface area contributed by atoms with Gasteiger partial charge in [0, 0.05) is 41.2 Å². The molecular formula is C12H13N4. The quantitative estimate of drug-likeness (QED) is 0.316. The molecule has 16 heavy (non-hydrogen) atoms. The molecule has 0 saturated heterocycles. The summed E-state index contributed by atoms with van der Waals surface area (Å²) in [7, 11) is 0. The summed E-state index contributed by atoms with van der Waals surface area (Å²) in [6.45, 7) is 1.53. The second-order valence-electron chi connectivity index (χ2n) is 3.65. The lowest BCUT2D eigenvalue weighted by atomic mass is 10.2. The highest BCUT2D eigenvalue weighted by Gasteiger charge is 1.99. The first-order chi connectivity index (χ1) is 7.92. The van der Waals surface area contributed by atoms with Gasteiger partial charge in [-0.15, -0.1) is 0 Å². The molecule has 0 bridgehead atoms. The Morgan fingerprint density at radius 3 is 3.06 bits per heavy atom. The van der Waals surface area contributed by atoms with E-state index in [1.165, 1.54) is 5.52 Å². The zero-order valence-corrected chi connectivity index (χ0v) is 9.00. The Morgan fingerprint density at radius 1 is 1.31 bits per heavy atom. The molecule has 4 nitrogen and oxygen atoms in total. The van der Waals surface area contributed by atoms with Crippen LogP contribution >= 0.6 is 0 Å². The van der Waals surface area contributed by atoms with Crippen molar-refractivity contribution in [1.82, 2.24) is 4.57 Å². The number of aromatic nitrogens is 1. The summed E-state index contributed by atoms with van der Waals surface area (Å²) in [5.41, 5.74) is 9.35. The number of hydrogen-bond acceptors (Lipinski definition) is 1. The molecule has 1 aromatic heterocycles. The molecule has 0 aliphatic heterocycles. The van der Waals surface area contributed by atoms with E-state index in [1.54, 1.807) is 0 Å². The summed E-state index contributed by atoms with van der Waals surface area (Å²) >= 11 is 0. The molecule has 0 aliphatic carbocycles. The third kappa shape index (κ3) is 2.35. The molecule has 1 radical (unpaired) electrons. The number of benzene rings is 1. The third-order valence-electron chi connectivity index (χ3n) is 2.56. The Bertz CT molecular complexity index is 508. The molecule has 0 saturated carbocycles. The minimum atomic E-state index is 0.583. The first-order valence-electron chi connectivity index (χ1n) is 5.38. The van der Waals surface area contributed by atoms with E-state index in [4.69, 9.17) is 5.53 Å². The Labute approximate surface area is 94.1 Å². The van der Waals surface area contributed by atoms with E-state index in [1.807, 2.05) is 18.3 Å². The average molecular weight is 213 g/mol. The van der Waals surface area contributed by atoms with Crippen LogP contribution in [0.3, 0.4) is 0 Å². The maximum absolute atomic E-state index is 8.14. The first-order valence-corrected chi connectivity index (χ1v) is 5.38. The SMILES string of the molecule is [N-]=[N+]=NCCCCn1c[c]c2ccccc21. The summed E-state index contributed by atoms with van der Waals surface area (Å²) in [5, 5.41) is 4.67. The number of nitrogens with zero attached hydrogens (tertiary/aromatic N) is 4. The zero-order valence-electron chi connectivity index (χ0n) is 9.00. The second-order valence-corrected chi connectivity index (χ2v) is 3.65. The van der Waals surface area contributed by atoms with E-state index in [-0.39, 0.29) is 0 Å². The van der Waals surface area contributed by atoms with Crippen molar-refractivity contribution in [3.8, 4) is 0 Å². The van der Waals surface area contributed by atoms with Gasteiger partial charge in [0.15, 0.2) is 0 Å². The maximum Gasteiger partial charge on any atom is 0.0486 e. The lowest BCUT2D eigenvalue weighted by molar-refractivity contribution is 0.629. The van der Waals surface area contributed by atoms with E-state index >= 15 is 0 Å². The van der Waals surface area contributed by atoms with Gasteiger partial charge >= 0.3 is 0 Å². The molecule has 81 valence electrons. The molecular weight excluding hydrogens is 200 g/mol. The fourth-order valence-corrected chi connectivity index (χ4v) is 1.76. The number of para-hydroxylation sites is 1. The molecule has 0 fully saturated rings. The van der Waals surface area contributed by atoms with Crippen LogP contribution in [-0.2, 0) is 6.54 Å². The minimum Gasteiger partial charge on any atom is -0.347 e. The highest BCUT2D eigenvalue weighted by molar-refractivity contribution is 5.79. The standard InChI is InChI=1S/C12H13N4/c13-15-14-8-3-4-9-16-10-7-11-5-1-2-6-12(11)16/h1-2,5-6,10H,3-4,8-9H2. The van der Waals surface area contributed by atoms with Crippen molar-refractivity contribution in [2.24, 2.45) is 5.11 Å². The van der Waals surface area contributed by atoms with Crippen molar-refractivity contribution in [3.05, 3.63) is 47.0 Å². The molecule has 2 rings (SSSR count). The molecule has 1 aromatic carbocycles. The van der Waals surface area contributed by atoms with E-state index in [0.717, 1.165) is 24.8 Å². The minimum absolute atomic E-state index is 0.583. The molecule has 1 heterocycles. The molecule has 4 heteroatoms. The molecule has 2 aromatic rings. The highest BCUT2D eigenvalue weighted by atomic mass is 15.1. The Balaban J connectivity index is 1.96. The Morgan fingerprint density at radius 2 is 2.19 bits per heavy atom. The van der Waals surface area contributed by atoms with Gasteiger partial charge in [0.1, 0.15) is 0 Å². The summed E-state index contributed by atoms with van der Waals surface area (Å²) in [6, 6.07) is 11.4. The van der Waals surface area contributed by atoms with E-state index in [0.29, 0.717) is 6.54 Å². The van der Waals surface area contributed by atoms with Crippen molar-refractivity contribution < 1.29 is 0 Å². The van der Waals surface area contributed by atoms with Crippen molar-refractivity contribution in [1.29, 1.82) is 0 Å². The van der Waals surface area contributed by atoms with Crippen LogP contribution in [0.4, 0.5) is 0 Å². The Kier molecular flexibility index (Phi) is 3.46. The molecule has 0 amide bonds. The molecule has 0 atom stereocenters. The largest absolute Gasteiger partial charge is 0.347 e. The number of fused-ring (bicyclic) bond motifs is 1. The van der Waals surface area contributed by atoms with Crippen LogP contribution in [0.1, 0.15) is 12.8 Å². The van der Waals surface area contributed by atoms with Gasteiger partial charge in [0.05, 0.1) is 0 Å². The summed E-state index contributed by atoms with van der Waals surface area (Å²) in [4.78, 5) is 2.73. The van der Waals surface area contributed by atoms with Gasteiger partial charge in [-0.3, -0.25) is 0 Å². The van der Waals surface area contributed by atoms with Crippen LogP contribution in [0.5, 0.6) is 0 Å². The molecule has 0 unspecified atom stereocenters. The van der Waals surface area contributed by atoms with Gasteiger partial charge < -0.3 is 4.57 Å². The fraction of sp³-hybridized carbons (Fsp3) is 0.333. The summed E-state index contributed by atoms with van der Waals surface area (Å²) < 4.78 is 2.19. The smallest absolute Gasteiger partial charge is 0.0486 e. The van der Waals surface area contributed by atoms with Gasteiger partial charge in [-0.25, -0.2) is 0 Å². The lowest BCUT2D eigenvalue weighted by Crippen LogP contribution is -1.96. The van der Waals surface area contributed by atoms with Crippen LogP contribution < -0.4 is 0 Å².